The fourth-order valence-electron chi connectivity index (χ4n) is 1.75. The fourth-order valence-corrected chi connectivity index (χ4v) is 2.29. The zero-order valence-corrected chi connectivity index (χ0v) is 10.2. The van der Waals surface area contributed by atoms with E-state index in [0.717, 1.165) is 49.9 Å². The highest BCUT2D eigenvalue weighted by Gasteiger charge is 2.16. The highest BCUT2D eigenvalue weighted by atomic mass is 32.2. The van der Waals surface area contributed by atoms with Crippen LogP contribution in [0.5, 0.6) is 0 Å². The van der Waals surface area contributed by atoms with Crippen LogP contribution >= 0.6 is 11.8 Å². The van der Waals surface area contributed by atoms with Crippen LogP contribution in [0.4, 0.5) is 0 Å². The number of H-pyrrole nitrogens is 1. The minimum atomic E-state index is -0.860. The molecule has 17 heavy (non-hydrogen) atoms. The van der Waals surface area contributed by atoms with Crippen molar-refractivity contribution in [2.45, 2.75) is 36.9 Å². The van der Waals surface area contributed by atoms with E-state index in [-0.39, 0.29) is 5.75 Å². The number of hydrogen-bond acceptors (Lipinski definition) is 5. The molecule has 1 fully saturated rings. The number of thioether (sulfide) groups is 1. The molecule has 0 amide bonds. The second-order valence-electron chi connectivity index (χ2n) is 3.92. The Labute approximate surface area is 103 Å². The van der Waals surface area contributed by atoms with Crippen molar-refractivity contribution in [1.82, 2.24) is 15.2 Å². The van der Waals surface area contributed by atoms with Gasteiger partial charge in [0, 0.05) is 13.0 Å². The summed E-state index contributed by atoms with van der Waals surface area (Å²) in [6, 6.07) is 0. The van der Waals surface area contributed by atoms with Gasteiger partial charge in [-0.3, -0.25) is 9.89 Å². The molecular formula is C10H15N3O3S. The normalized spacial score (nSPS) is 19.6. The summed E-state index contributed by atoms with van der Waals surface area (Å²) >= 11 is 1.12. The number of ether oxygens (including phenoxy) is 1. The third-order valence-corrected chi connectivity index (χ3v) is 3.40. The zero-order valence-electron chi connectivity index (χ0n) is 9.39. The van der Waals surface area contributed by atoms with Crippen LogP contribution in [0.15, 0.2) is 5.16 Å². The highest BCUT2D eigenvalue weighted by Crippen LogP contribution is 2.18. The van der Waals surface area contributed by atoms with E-state index >= 15 is 0 Å². The molecule has 1 aliphatic heterocycles. The molecule has 7 heteroatoms. The van der Waals surface area contributed by atoms with E-state index in [9.17, 15) is 4.79 Å². The molecule has 6 nitrogen and oxygen atoms in total. The van der Waals surface area contributed by atoms with Gasteiger partial charge in [0.2, 0.25) is 5.16 Å². The van der Waals surface area contributed by atoms with Crippen LogP contribution in [0.25, 0.3) is 0 Å². The molecule has 0 saturated carbocycles. The van der Waals surface area contributed by atoms with Gasteiger partial charge in [0.15, 0.2) is 0 Å². The maximum absolute atomic E-state index is 10.4. The molecule has 2 N–H and O–H groups in total. The van der Waals surface area contributed by atoms with Gasteiger partial charge in [-0.25, -0.2) is 4.98 Å². The van der Waals surface area contributed by atoms with E-state index in [1.807, 2.05) is 0 Å². The summed E-state index contributed by atoms with van der Waals surface area (Å²) in [4.78, 5) is 14.6. The SMILES string of the molecule is O=C(O)CSc1n[nH]c(CCC2CCCO2)n1. The number of carbonyl (C=O) groups is 1. The van der Waals surface area contributed by atoms with Crippen LogP contribution in [0, 0.1) is 0 Å². The predicted octanol–water partition coefficient (Wildman–Crippen LogP) is 1.09. The van der Waals surface area contributed by atoms with Gasteiger partial charge < -0.3 is 9.84 Å². The lowest BCUT2D eigenvalue weighted by Crippen LogP contribution is -2.06. The Morgan fingerprint density at radius 3 is 3.24 bits per heavy atom. The third-order valence-electron chi connectivity index (χ3n) is 2.56. The molecule has 1 aromatic rings. The number of aryl methyl sites for hydroxylation is 1. The first kappa shape index (κ1) is 12.4. The molecule has 2 heterocycles. The first-order valence-electron chi connectivity index (χ1n) is 5.61. The Morgan fingerprint density at radius 2 is 2.53 bits per heavy atom. The van der Waals surface area contributed by atoms with E-state index in [0.29, 0.717) is 11.3 Å². The van der Waals surface area contributed by atoms with Crippen LogP contribution in [-0.2, 0) is 16.0 Å². The van der Waals surface area contributed by atoms with Gasteiger partial charge in [-0.05, 0) is 19.3 Å². The Balaban J connectivity index is 1.75. The van der Waals surface area contributed by atoms with Crippen molar-refractivity contribution in [3.05, 3.63) is 5.82 Å². The van der Waals surface area contributed by atoms with E-state index in [2.05, 4.69) is 15.2 Å². The lowest BCUT2D eigenvalue weighted by molar-refractivity contribution is -0.133. The van der Waals surface area contributed by atoms with Gasteiger partial charge in [-0.15, -0.1) is 5.10 Å². The molecule has 0 aliphatic carbocycles. The summed E-state index contributed by atoms with van der Waals surface area (Å²) in [5.74, 6) is -0.0719. The summed E-state index contributed by atoms with van der Waals surface area (Å²) in [5.41, 5.74) is 0. The van der Waals surface area contributed by atoms with E-state index in [1.54, 1.807) is 0 Å². The minimum absolute atomic E-state index is 0.0109. The van der Waals surface area contributed by atoms with Crippen molar-refractivity contribution in [3.63, 3.8) is 0 Å². The van der Waals surface area contributed by atoms with Crippen molar-refractivity contribution < 1.29 is 14.6 Å². The first-order valence-corrected chi connectivity index (χ1v) is 6.60. The molecule has 0 spiro atoms. The van der Waals surface area contributed by atoms with Crippen LogP contribution in [0.3, 0.4) is 0 Å². The average molecular weight is 257 g/mol. The molecule has 1 aliphatic rings. The largest absolute Gasteiger partial charge is 0.481 e. The molecule has 2 rings (SSSR count). The van der Waals surface area contributed by atoms with Crippen LogP contribution in [0.1, 0.15) is 25.1 Å². The lowest BCUT2D eigenvalue weighted by atomic mass is 10.1. The number of nitrogens with one attached hydrogen (secondary N) is 1. The van der Waals surface area contributed by atoms with E-state index in [4.69, 9.17) is 9.84 Å². The smallest absolute Gasteiger partial charge is 0.313 e. The zero-order chi connectivity index (χ0) is 12.1. The summed E-state index contributed by atoms with van der Waals surface area (Å²) in [7, 11) is 0. The number of nitrogens with zero attached hydrogens (tertiary/aromatic N) is 2. The van der Waals surface area contributed by atoms with Crippen LogP contribution in [-0.4, -0.2) is 44.7 Å². The molecule has 0 aromatic carbocycles. The second-order valence-corrected chi connectivity index (χ2v) is 4.86. The van der Waals surface area contributed by atoms with E-state index < -0.39 is 5.97 Å². The maximum atomic E-state index is 10.4. The van der Waals surface area contributed by atoms with Crippen molar-refractivity contribution >= 4 is 17.7 Å². The number of aliphatic carboxylic acids is 1. The van der Waals surface area contributed by atoms with Crippen molar-refractivity contribution in [3.8, 4) is 0 Å². The molecule has 1 saturated heterocycles. The van der Waals surface area contributed by atoms with Crippen LogP contribution in [0.2, 0.25) is 0 Å². The number of carboxylic acids is 1. The Kier molecular flexibility index (Phi) is 4.38. The minimum Gasteiger partial charge on any atom is -0.481 e. The van der Waals surface area contributed by atoms with Gasteiger partial charge in [0.25, 0.3) is 0 Å². The van der Waals surface area contributed by atoms with Gasteiger partial charge in [-0.2, -0.15) is 0 Å². The summed E-state index contributed by atoms with van der Waals surface area (Å²) in [5, 5.41) is 15.8. The van der Waals surface area contributed by atoms with Crippen molar-refractivity contribution in [1.29, 1.82) is 0 Å². The van der Waals surface area contributed by atoms with Crippen molar-refractivity contribution in [2.24, 2.45) is 0 Å². The standard InChI is InChI=1S/C10H15N3O3S/c14-9(15)6-17-10-11-8(12-13-10)4-3-7-2-1-5-16-7/h7H,1-6H2,(H,14,15)(H,11,12,13). The Bertz CT molecular complexity index is 377. The van der Waals surface area contributed by atoms with Gasteiger partial charge in [0.1, 0.15) is 5.82 Å². The predicted molar refractivity (Wildman–Crippen MR) is 62.0 cm³/mol. The maximum Gasteiger partial charge on any atom is 0.313 e. The fraction of sp³-hybridized carbons (Fsp3) is 0.700. The summed E-state index contributed by atoms with van der Waals surface area (Å²) < 4.78 is 5.52. The molecule has 1 atom stereocenters. The van der Waals surface area contributed by atoms with Gasteiger partial charge in [-0.1, -0.05) is 11.8 Å². The number of aromatic nitrogens is 3. The number of hydrogen-bond donors (Lipinski definition) is 2. The molecule has 0 bridgehead atoms. The molecular weight excluding hydrogens is 242 g/mol. The third kappa shape index (κ3) is 4.01. The first-order chi connectivity index (χ1) is 8.24. The molecule has 0 radical (unpaired) electrons. The average Bonchev–Trinajstić information content (AvgIpc) is 2.95. The molecule has 1 aromatic heterocycles. The quantitative estimate of drug-likeness (QED) is 0.742. The number of rotatable bonds is 6. The second kappa shape index (κ2) is 6.02. The highest BCUT2D eigenvalue weighted by molar-refractivity contribution is 7.99. The topological polar surface area (TPSA) is 88.1 Å². The number of aromatic amines is 1. The molecule has 1 unspecified atom stereocenters. The van der Waals surface area contributed by atoms with E-state index in [1.165, 1.54) is 0 Å². The lowest BCUT2D eigenvalue weighted by Gasteiger charge is -2.06. The summed E-state index contributed by atoms with van der Waals surface area (Å²) in [6.07, 6.45) is 4.34. The Hall–Kier alpha value is -1.08. The van der Waals surface area contributed by atoms with Crippen molar-refractivity contribution in [2.75, 3.05) is 12.4 Å². The Morgan fingerprint density at radius 1 is 1.65 bits per heavy atom. The van der Waals surface area contributed by atoms with Crippen LogP contribution < -0.4 is 0 Å². The monoisotopic (exact) mass is 257 g/mol. The number of carboxylic acid groups (broad SMARTS) is 1. The van der Waals surface area contributed by atoms with Gasteiger partial charge >= 0.3 is 5.97 Å². The summed E-state index contributed by atoms with van der Waals surface area (Å²) in [6.45, 7) is 0.862. The molecule has 94 valence electrons. The van der Waals surface area contributed by atoms with Gasteiger partial charge in [0.05, 0.1) is 11.9 Å².